The fourth-order valence-electron chi connectivity index (χ4n) is 4.35. The molecule has 0 bridgehead atoms. The number of allylic oxidation sites excluding steroid dienone is 1. The lowest BCUT2D eigenvalue weighted by molar-refractivity contribution is 0.0704. The summed E-state index contributed by atoms with van der Waals surface area (Å²) in [4.78, 5) is 32.2. The molecule has 4 heterocycles. The molecule has 0 unspecified atom stereocenters. The molecule has 10 heteroatoms. The van der Waals surface area contributed by atoms with Crippen LogP contribution >= 0.6 is 0 Å². The van der Waals surface area contributed by atoms with Crippen LogP contribution in [0.5, 0.6) is 11.5 Å². The number of carboxylic acid groups (broad SMARTS) is 1. The highest BCUT2D eigenvalue weighted by molar-refractivity contribution is 6.15. The standard InChI is InChI=1S/C23H23N5O5/c1-13-11-28(23(30)31)9-8-27(13)12-16-18(32-2)6-5-15-20(29)19(33-21(15)16)10-17-14-4-3-7-24-22(14)26-25-17/h3-7,10,13H,8-9,11-12H2,1-2H3,(H,30,31)(H,24,25,26)/t13-/m0/s1. The maximum atomic E-state index is 13.1. The number of ether oxygens (including phenoxy) is 2. The molecule has 1 saturated heterocycles. The second-order valence-electron chi connectivity index (χ2n) is 8.12. The molecule has 5 rings (SSSR count). The van der Waals surface area contributed by atoms with Gasteiger partial charge in [-0.25, -0.2) is 9.78 Å². The van der Waals surface area contributed by atoms with Crippen LogP contribution in [0.1, 0.15) is 28.5 Å². The van der Waals surface area contributed by atoms with Gasteiger partial charge in [0.25, 0.3) is 0 Å². The zero-order valence-corrected chi connectivity index (χ0v) is 18.2. The van der Waals surface area contributed by atoms with E-state index in [0.717, 1.165) is 10.9 Å². The zero-order valence-electron chi connectivity index (χ0n) is 18.2. The number of benzene rings is 1. The average Bonchev–Trinajstić information content (AvgIpc) is 3.36. The van der Waals surface area contributed by atoms with Gasteiger partial charge in [-0.1, -0.05) is 0 Å². The van der Waals surface area contributed by atoms with E-state index >= 15 is 0 Å². The molecular formula is C23H23N5O5. The van der Waals surface area contributed by atoms with Gasteiger partial charge in [-0.3, -0.25) is 14.8 Å². The maximum Gasteiger partial charge on any atom is 0.407 e. The van der Waals surface area contributed by atoms with Gasteiger partial charge in [-0.05, 0) is 31.2 Å². The second kappa shape index (κ2) is 8.21. The number of pyridine rings is 1. The molecule has 2 aromatic heterocycles. The minimum Gasteiger partial charge on any atom is -0.496 e. The van der Waals surface area contributed by atoms with Gasteiger partial charge in [0.1, 0.15) is 11.5 Å². The third kappa shape index (κ3) is 3.68. The Labute approximate surface area is 189 Å². The van der Waals surface area contributed by atoms with Gasteiger partial charge in [0.05, 0.1) is 23.9 Å². The summed E-state index contributed by atoms with van der Waals surface area (Å²) in [5.41, 5.74) is 2.42. The van der Waals surface area contributed by atoms with Crippen molar-refractivity contribution in [3.05, 3.63) is 53.0 Å². The van der Waals surface area contributed by atoms with Crippen molar-refractivity contribution in [2.45, 2.75) is 19.5 Å². The van der Waals surface area contributed by atoms with Crippen LogP contribution in [-0.4, -0.2) is 74.8 Å². The molecule has 10 nitrogen and oxygen atoms in total. The molecule has 0 spiro atoms. The monoisotopic (exact) mass is 449 g/mol. The van der Waals surface area contributed by atoms with Gasteiger partial charge in [0, 0.05) is 49.9 Å². The summed E-state index contributed by atoms with van der Waals surface area (Å²) in [6.07, 6.45) is 2.37. The topological polar surface area (TPSA) is 121 Å². The number of aromatic nitrogens is 3. The Morgan fingerprint density at radius 3 is 2.97 bits per heavy atom. The van der Waals surface area contributed by atoms with Crippen molar-refractivity contribution >= 4 is 29.0 Å². The van der Waals surface area contributed by atoms with E-state index in [1.54, 1.807) is 37.6 Å². The Hall–Kier alpha value is -3.92. The van der Waals surface area contributed by atoms with Gasteiger partial charge in [0.15, 0.2) is 11.4 Å². The molecule has 2 N–H and O–H groups in total. The summed E-state index contributed by atoms with van der Waals surface area (Å²) in [6, 6.07) is 7.16. The number of amides is 1. The number of nitrogens with zero attached hydrogens (tertiary/aromatic N) is 4. The third-order valence-corrected chi connectivity index (χ3v) is 6.15. The number of carbonyl (C=O) groups excluding carboxylic acids is 1. The highest BCUT2D eigenvalue weighted by atomic mass is 16.5. The van der Waals surface area contributed by atoms with E-state index in [-0.39, 0.29) is 17.6 Å². The lowest BCUT2D eigenvalue weighted by Crippen LogP contribution is -2.52. The fourth-order valence-corrected chi connectivity index (χ4v) is 4.35. The molecule has 1 fully saturated rings. The minimum atomic E-state index is -0.913. The average molecular weight is 449 g/mol. The van der Waals surface area contributed by atoms with Crippen molar-refractivity contribution < 1.29 is 24.2 Å². The van der Waals surface area contributed by atoms with Gasteiger partial charge in [-0.2, -0.15) is 5.10 Å². The van der Waals surface area contributed by atoms with E-state index in [4.69, 9.17) is 9.47 Å². The van der Waals surface area contributed by atoms with Gasteiger partial charge in [0.2, 0.25) is 5.78 Å². The molecule has 33 heavy (non-hydrogen) atoms. The molecule has 0 saturated carbocycles. The first-order chi connectivity index (χ1) is 16.0. The molecule has 3 aromatic rings. The number of hydrogen-bond donors (Lipinski definition) is 2. The first-order valence-corrected chi connectivity index (χ1v) is 10.6. The third-order valence-electron chi connectivity index (χ3n) is 6.15. The van der Waals surface area contributed by atoms with E-state index in [9.17, 15) is 14.7 Å². The molecule has 1 atom stereocenters. The summed E-state index contributed by atoms with van der Waals surface area (Å²) in [5.74, 6) is 1.04. The summed E-state index contributed by atoms with van der Waals surface area (Å²) in [5, 5.41) is 17.2. The van der Waals surface area contributed by atoms with E-state index in [0.29, 0.717) is 54.6 Å². The number of carbonyl (C=O) groups is 2. The molecule has 1 amide bonds. The fraction of sp³-hybridized carbons (Fsp3) is 0.304. The van der Waals surface area contributed by atoms with Crippen LogP contribution in [0.4, 0.5) is 4.79 Å². The summed E-state index contributed by atoms with van der Waals surface area (Å²) >= 11 is 0. The number of fused-ring (bicyclic) bond motifs is 2. The molecule has 170 valence electrons. The minimum absolute atomic E-state index is 0.00505. The number of ketones is 1. The number of methoxy groups -OCH3 is 1. The highest BCUT2D eigenvalue weighted by Crippen LogP contribution is 2.41. The van der Waals surface area contributed by atoms with E-state index in [2.05, 4.69) is 20.1 Å². The second-order valence-corrected chi connectivity index (χ2v) is 8.12. The Bertz CT molecular complexity index is 1280. The van der Waals surface area contributed by atoms with Crippen LogP contribution in [0.25, 0.3) is 17.1 Å². The van der Waals surface area contributed by atoms with Crippen molar-refractivity contribution in [2.75, 3.05) is 26.7 Å². The number of nitrogens with one attached hydrogen (secondary N) is 1. The molecular weight excluding hydrogens is 426 g/mol. The molecule has 1 aromatic carbocycles. The molecule has 0 radical (unpaired) electrons. The van der Waals surface area contributed by atoms with Gasteiger partial charge >= 0.3 is 6.09 Å². The van der Waals surface area contributed by atoms with Crippen molar-refractivity contribution in [2.24, 2.45) is 0 Å². The lowest BCUT2D eigenvalue weighted by atomic mass is 10.0. The first kappa shape index (κ1) is 21.0. The SMILES string of the molecule is COc1ccc2c(c1CN1CCN(C(=O)O)C[C@@H]1C)OC(=Cc1n[nH]c3ncccc13)C2=O. The smallest absolute Gasteiger partial charge is 0.407 e. The van der Waals surface area contributed by atoms with Gasteiger partial charge < -0.3 is 19.5 Å². The number of H-pyrrole nitrogens is 1. The quantitative estimate of drug-likeness (QED) is 0.584. The molecule has 2 aliphatic heterocycles. The van der Waals surface area contributed by atoms with Crippen LogP contribution in [0, 0.1) is 0 Å². The first-order valence-electron chi connectivity index (χ1n) is 10.6. The normalized spacial score (nSPS) is 19.7. The van der Waals surface area contributed by atoms with Crippen molar-refractivity contribution in [3.8, 4) is 11.5 Å². The Balaban J connectivity index is 1.46. The highest BCUT2D eigenvalue weighted by Gasteiger charge is 2.34. The number of piperazine rings is 1. The summed E-state index contributed by atoms with van der Waals surface area (Å²) in [7, 11) is 1.58. The van der Waals surface area contributed by atoms with E-state index < -0.39 is 6.09 Å². The number of Topliss-reactive ketones (excluding diaryl/α,β-unsaturated/α-hetero) is 1. The van der Waals surface area contributed by atoms with Crippen LogP contribution in [-0.2, 0) is 6.54 Å². The van der Waals surface area contributed by atoms with Crippen LogP contribution < -0.4 is 9.47 Å². The van der Waals surface area contributed by atoms with Gasteiger partial charge in [-0.15, -0.1) is 0 Å². The predicted molar refractivity (Wildman–Crippen MR) is 119 cm³/mol. The zero-order chi connectivity index (χ0) is 23.1. The van der Waals surface area contributed by atoms with Crippen molar-refractivity contribution in [3.63, 3.8) is 0 Å². The molecule has 0 aliphatic carbocycles. The summed E-state index contributed by atoms with van der Waals surface area (Å²) < 4.78 is 11.7. The predicted octanol–water partition coefficient (Wildman–Crippen LogP) is 2.77. The van der Waals surface area contributed by atoms with Crippen molar-refractivity contribution in [1.82, 2.24) is 25.0 Å². The van der Waals surface area contributed by atoms with Crippen LogP contribution in [0.3, 0.4) is 0 Å². The Kier molecular flexibility index (Phi) is 5.21. The Morgan fingerprint density at radius 2 is 2.21 bits per heavy atom. The van der Waals surface area contributed by atoms with Crippen molar-refractivity contribution in [1.29, 1.82) is 0 Å². The largest absolute Gasteiger partial charge is 0.496 e. The number of hydrogen-bond acceptors (Lipinski definition) is 7. The summed E-state index contributed by atoms with van der Waals surface area (Å²) in [6.45, 7) is 3.86. The number of aromatic amines is 1. The van der Waals surface area contributed by atoms with Crippen LogP contribution in [0.15, 0.2) is 36.2 Å². The number of rotatable bonds is 4. The van der Waals surface area contributed by atoms with E-state index in [1.165, 1.54) is 4.90 Å². The van der Waals surface area contributed by atoms with Crippen LogP contribution in [0.2, 0.25) is 0 Å². The molecule has 2 aliphatic rings. The van der Waals surface area contributed by atoms with E-state index in [1.807, 2.05) is 13.0 Å². The lowest BCUT2D eigenvalue weighted by Gasteiger charge is -2.38. The Morgan fingerprint density at radius 1 is 1.36 bits per heavy atom. The maximum absolute atomic E-state index is 13.1.